The molecule has 4 nitrogen and oxygen atoms in total. The van der Waals surface area contributed by atoms with Crippen molar-refractivity contribution in [2.45, 2.75) is 19.9 Å². The Balaban J connectivity index is 2.32. The maximum Gasteiger partial charge on any atom is 0.195 e. The summed E-state index contributed by atoms with van der Waals surface area (Å²) in [7, 11) is 0. The molecule has 0 amide bonds. The fourth-order valence-corrected chi connectivity index (χ4v) is 2.03. The molecule has 0 saturated heterocycles. The van der Waals surface area contributed by atoms with Gasteiger partial charge in [0.2, 0.25) is 0 Å². The van der Waals surface area contributed by atoms with E-state index >= 15 is 0 Å². The Labute approximate surface area is 90.6 Å². The van der Waals surface area contributed by atoms with Gasteiger partial charge in [-0.15, -0.1) is 11.3 Å². The van der Waals surface area contributed by atoms with Gasteiger partial charge in [-0.2, -0.15) is 5.10 Å². The first kappa shape index (κ1) is 9.54. The monoisotopic (exact) mass is 226 g/mol. The number of aromatic amines is 1. The van der Waals surface area contributed by atoms with Gasteiger partial charge in [0.15, 0.2) is 4.77 Å². The molecule has 0 aromatic carbocycles. The maximum absolute atomic E-state index is 5.13. The van der Waals surface area contributed by atoms with Crippen molar-refractivity contribution in [3.05, 3.63) is 27.2 Å². The molecular weight excluding hydrogens is 216 g/mol. The van der Waals surface area contributed by atoms with E-state index in [2.05, 4.69) is 22.1 Å². The average Bonchev–Trinajstić information content (AvgIpc) is 2.79. The van der Waals surface area contributed by atoms with E-state index in [1.807, 2.05) is 15.5 Å². The molecule has 0 saturated carbocycles. The van der Waals surface area contributed by atoms with Crippen LogP contribution in [0, 0.1) is 4.77 Å². The van der Waals surface area contributed by atoms with Crippen molar-refractivity contribution in [3.8, 4) is 0 Å². The molecule has 0 spiro atoms. The summed E-state index contributed by atoms with van der Waals surface area (Å²) in [6.45, 7) is 2.77. The van der Waals surface area contributed by atoms with Gasteiger partial charge >= 0.3 is 0 Å². The lowest BCUT2D eigenvalue weighted by molar-refractivity contribution is 0.712. The summed E-state index contributed by atoms with van der Waals surface area (Å²) in [5, 5.41) is 8.95. The predicted molar refractivity (Wildman–Crippen MR) is 58.0 cm³/mol. The van der Waals surface area contributed by atoms with Crippen LogP contribution in [-0.4, -0.2) is 19.7 Å². The van der Waals surface area contributed by atoms with Crippen LogP contribution < -0.4 is 0 Å². The lowest BCUT2D eigenvalue weighted by atomic mass is 10.4. The van der Waals surface area contributed by atoms with Gasteiger partial charge in [0.25, 0.3) is 0 Å². The van der Waals surface area contributed by atoms with Gasteiger partial charge in [0, 0.05) is 11.8 Å². The maximum atomic E-state index is 5.13. The van der Waals surface area contributed by atoms with E-state index in [0.29, 0.717) is 11.3 Å². The number of nitrogens with zero attached hydrogens (tertiary/aromatic N) is 3. The topological polar surface area (TPSA) is 46.5 Å². The van der Waals surface area contributed by atoms with Gasteiger partial charge in [-0.3, -0.25) is 9.67 Å². The van der Waals surface area contributed by atoms with Crippen LogP contribution in [0.4, 0.5) is 0 Å². The van der Waals surface area contributed by atoms with Crippen LogP contribution in [0.2, 0.25) is 0 Å². The zero-order valence-electron chi connectivity index (χ0n) is 7.73. The molecule has 6 heteroatoms. The molecule has 2 aromatic heterocycles. The Morgan fingerprint density at radius 1 is 1.64 bits per heavy atom. The van der Waals surface area contributed by atoms with Gasteiger partial charge < -0.3 is 0 Å². The molecule has 0 fully saturated rings. The van der Waals surface area contributed by atoms with Crippen molar-refractivity contribution in [1.29, 1.82) is 0 Å². The molecule has 2 aromatic rings. The number of aromatic nitrogens is 4. The number of rotatable bonds is 3. The standard InChI is InChI=1S/C8H10N4S2/c1-2-7-10-11-8(13)12(7)3-6-4-14-5-9-6/h4-5H,2-3H2,1H3,(H,11,13). The lowest BCUT2D eigenvalue weighted by Crippen LogP contribution is -2.04. The van der Waals surface area contributed by atoms with E-state index in [4.69, 9.17) is 12.2 Å². The van der Waals surface area contributed by atoms with Gasteiger partial charge in [-0.1, -0.05) is 6.92 Å². The Morgan fingerprint density at radius 2 is 2.50 bits per heavy atom. The quantitative estimate of drug-likeness (QED) is 0.814. The highest BCUT2D eigenvalue weighted by Gasteiger charge is 2.05. The smallest absolute Gasteiger partial charge is 0.195 e. The summed E-state index contributed by atoms with van der Waals surface area (Å²) in [6, 6.07) is 0. The molecule has 2 heterocycles. The molecule has 74 valence electrons. The first-order chi connectivity index (χ1) is 6.81. The first-order valence-electron chi connectivity index (χ1n) is 4.32. The van der Waals surface area contributed by atoms with E-state index in [0.717, 1.165) is 17.9 Å². The largest absolute Gasteiger partial charge is 0.298 e. The van der Waals surface area contributed by atoms with Crippen molar-refractivity contribution in [3.63, 3.8) is 0 Å². The minimum Gasteiger partial charge on any atom is -0.298 e. The zero-order chi connectivity index (χ0) is 9.97. The minimum atomic E-state index is 0.662. The number of nitrogens with one attached hydrogen (secondary N) is 1. The van der Waals surface area contributed by atoms with Crippen molar-refractivity contribution in [2.24, 2.45) is 0 Å². The molecule has 0 bridgehead atoms. The summed E-state index contributed by atoms with van der Waals surface area (Å²) in [4.78, 5) is 4.22. The molecule has 0 aliphatic carbocycles. The van der Waals surface area contributed by atoms with Crippen molar-refractivity contribution in [2.75, 3.05) is 0 Å². The Kier molecular flexibility index (Phi) is 2.74. The van der Waals surface area contributed by atoms with Crippen molar-refractivity contribution in [1.82, 2.24) is 19.7 Å². The van der Waals surface area contributed by atoms with Crippen LogP contribution >= 0.6 is 23.6 Å². The van der Waals surface area contributed by atoms with Crippen LogP contribution in [0.15, 0.2) is 10.9 Å². The van der Waals surface area contributed by atoms with Gasteiger partial charge in [-0.05, 0) is 12.2 Å². The van der Waals surface area contributed by atoms with Crippen LogP contribution in [-0.2, 0) is 13.0 Å². The molecule has 2 rings (SSSR count). The molecule has 0 aliphatic rings. The molecule has 0 unspecified atom stereocenters. The van der Waals surface area contributed by atoms with Crippen LogP contribution in [0.1, 0.15) is 18.4 Å². The summed E-state index contributed by atoms with van der Waals surface area (Å²) < 4.78 is 2.64. The second kappa shape index (κ2) is 4.02. The average molecular weight is 226 g/mol. The summed E-state index contributed by atoms with van der Waals surface area (Å²) in [6.07, 6.45) is 0.872. The molecule has 14 heavy (non-hydrogen) atoms. The van der Waals surface area contributed by atoms with Gasteiger partial charge in [0.1, 0.15) is 5.82 Å². The van der Waals surface area contributed by atoms with E-state index in [9.17, 15) is 0 Å². The SMILES string of the molecule is CCc1n[nH]c(=S)n1Cc1cscn1. The normalized spacial score (nSPS) is 10.6. The van der Waals surface area contributed by atoms with Crippen molar-refractivity contribution >= 4 is 23.6 Å². The predicted octanol–water partition coefficient (Wildman–Crippen LogP) is 2.01. The molecular formula is C8H10N4S2. The van der Waals surface area contributed by atoms with E-state index in [1.165, 1.54) is 0 Å². The molecule has 1 N–H and O–H groups in total. The fourth-order valence-electron chi connectivity index (χ4n) is 1.26. The van der Waals surface area contributed by atoms with Crippen LogP contribution in [0.5, 0.6) is 0 Å². The highest BCUT2D eigenvalue weighted by Crippen LogP contribution is 2.06. The second-order valence-corrected chi connectivity index (χ2v) is 3.97. The van der Waals surface area contributed by atoms with E-state index in [1.54, 1.807) is 11.3 Å². The van der Waals surface area contributed by atoms with Crippen molar-refractivity contribution < 1.29 is 0 Å². The number of H-pyrrole nitrogens is 1. The summed E-state index contributed by atoms with van der Waals surface area (Å²) >= 11 is 6.72. The fraction of sp³-hybridized carbons (Fsp3) is 0.375. The van der Waals surface area contributed by atoms with Crippen LogP contribution in [0.3, 0.4) is 0 Å². The highest BCUT2D eigenvalue weighted by molar-refractivity contribution is 7.71. The Bertz CT molecular complexity index is 454. The number of aryl methyl sites for hydroxylation is 1. The van der Waals surface area contributed by atoms with Gasteiger partial charge in [-0.25, -0.2) is 4.98 Å². The highest BCUT2D eigenvalue weighted by atomic mass is 32.1. The van der Waals surface area contributed by atoms with Crippen LogP contribution in [0.25, 0.3) is 0 Å². The molecule has 0 atom stereocenters. The molecule has 0 radical (unpaired) electrons. The van der Waals surface area contributed by atoms with E-state index < -0.39 is 0 Å². The molecule has 0 aliphatic heterocycles. The Morgan fingerprint density at radius 3 is 3.14 bits per heavy atom. The third-order valence-corrected chi connectivity index (χ3v) is 2.90. The number of hydrogen-bond acceptors (Lipinski definition) is 4. The number of thiazole rings is 1. The van der Waals surface area contributed by atoms with E-state index in [-0.39, 0.29) is 0 Å². The lowest BCUT2D eigenvalue weighted by Gasteiger charge is -2.01. The summed E-state index contributed by atoms with van der Waals surface area (Å²) in [5.74, 6) is 0.975. The Hall–Kier alpha value is -1.01. The van der Waals surface area contributed by atoms with Gasteiger partial charge in [0.05, 0.1) is 17.7 Å². The minimum absolute atomic E-state index is 0.662. The third kappa shape index (κ3) is 1.76. The summed E-state index contributed by atoms with van der Waals surface area (Å²) in [5.41, 5.74) is 2.85. The second-order valence-electron chi connectivity index (χ2n) is 2.86. The third-order valence-electron chi connectivity index (χ3n) is 1.96. The zero-order valence-corrected chi connectivity index (χ0v) is 9.36. The number of hydrogen-bond donors (Lipinski definition) is 1. The first-order valence-corrected chi connectivity index (χ1v) is 5.67.